The monoisotopic (exact) mass is 284 g/mol. The minimum absolute atomic E-state index is 0.153. The zero-order valence-corrected chi connectivity index (χ0v) is 11.8. The van der Waals surface area contributed by atoms with Gasteiger partial charge < -0.3 is 20.5 Å². The molecule has 6 heteroatoms. The molecular formula is C14H24N2O4. The van der Waals surface area contributed by atoms with E-state index >= 15 is 0 Å². The van der Waals surface area contributed by atoms with Crippen molar-refractivity contribution in [1.82, 2.24) is 10.6 Å². The van der Waals surface area contributed by atoms with Gasteiger partial charge in [-0.15, -0.1) is 0 Å². The largest absolute Gasteiger partial charge is 0.480 e. The van der Waals surface area contributed by atoms with Crippen LogP contribution in [0.3, 0.4) is 0 Å². The minimum Gasteiger partial charge on any atom is -0.480 e. The average Bonchev–Trinajstić information content (AvgIpc) is 2.47. The molecule has 0 aromatic rings. The third-order valence-electron chi connectivity index (χ3n) is 4.31. The molecule has 0 spiro atoms. The lowest BCUT2D eigenvalue weighted by Gasteiger charge is -2.34. The quantitative estimate of drug-likeness (QED) is 0.685. The van der Waals surface area contributed by atoms with Crippen molar-refractivity contribution in [2.75, 3.05) is 26.3 Å². The zero-order valence-electron chi connectivity index (χ0n) is 11.8. The number of hydrogen-bond donors (Lipinski definition) is 3. The number of aliphatic carboxylic acids is 1. The molecular weight excluding hydrogens is 260 g/mol. The van der Waals surface area contributed by atoms with E-state index in [-0.39, 0.29) is 5.91 Å². The van der Waals surface area contributed by atoms with E-state index in [1.807, 2.05) is 0 Å². The Morgan fingerprint density at radius 2 is 2.10 bits per heavy atom. The molecule has 1 amide bonds. The van der Waals surface area contributed by atoms with Gasteiger partial charge >= 0.3 is 5.97 Å². The van der Waals surface area contributed by atoms with Crippen LogP contribution < -0.4 is 10.6 Å². The fraction of sp³-hybridized carbons (Fsp3) is 0.857. The SMILES string of the molecule is O=C(CCC1CCCNC1)NC1(C(=O)O)CCOCC1. The Bertz CT molecular complexity index is 347. The molecule has 6 nitrogen and oxygen atoms in total. The number of ether oxygens (including phenoxy) is 1. The summed E-state index contributed by atoms with van der Waals surface area (Å²) in [6.07, 6.45) is 4.23. The predicted octanol–water partition coefficient (Wildman–Crippen LogP) is 0.516. The van der Waals surface area contributed by atoms with Crippen LogP contribution in [0.25, 0.3) is 0 Å². The van der Waals surface area contributed by atoms with E-state index in [1.165, 1.54) is 0 Å². The van der Waals surface area contributed by atoms with E-state index in [1.54, 1.807) is 0 Å². The topological polar surface area (TPSA) is 87.7 Å². The van der Waals surface area contributed by atoms with Gasteiger partial charge in [-0.05, 0) is 38.3 Å². The molecule has 2 aliphatic rings. The Morgan fingerprint density at radius 1 is 1.35 bits per heavy atom. The van der Waals surface area contributed by atoms with Crippen molar-refractivity contribution in [3.8, 4) is 0 Å². The van der Waals surface area contributed by atoms with Crippen LogP contribution in [0.15, 0.2) is 0 Å². The Morgan fingerprint density at radius 3 is 2.70 bits per heavy atom. The Kier molecular flexibility index (Phi) is 5.37. The third kappa shape index (κ3) is 3.93. The molecule has 2 fully saturated rings. The van der Waals surface area contributed by atoms with Gasteiger partial charge in [-0.1, -0.05) is 0 Å². The van der Waals surface area contributed by atoms with Gasteiger partial charge in [0.15, 0.2) is 0 Å². The highest BCUT2D eigenvalue weighted by Gasteiger charge is 2.41. The van der Waals surface area contributed by atoms with Crippen LogP contribution in [0.5, 0.6) is 0 Å². The molecule has 114 valence electrons. The van der Waals surface area contributed by atoms with Crippen molar-refractivity contribution in [1.29, 1.82) is 0 Å². The first-order chi connectivity index (χ1) is 9.62. The summed E-state index contributed by atoms with van der Waals surface area (Å²) in [6.45, 7) is 2.80. The molecule has 0 saturated carbocycles. The van der Waals surface area contributed by atoms with Crippen LogP contribution in [0.1, 0.15) is 38.5 Å². The van der Waals surface area contributed by atoms with Gasteiger partial charge in [0.05, 0.1) is 0 Å². The summed E-state index contributed by atoms with van der Waals surface area (Å²) in [6, 6.07) is 0. The van der Waals surface area contributed by atoms with Gasteiger partial charge in [0.25, 0.3) is 0 Å². The van der Waals surface area contributed by atoms with Crippen molar-refractivity contribution < 1.29 is 19.4 Å². The highest BCUT2D eigenvalue weighted by atomic mass is 16.5. The highest BCUT2D eigenvalue weighted by molar-refractivity contribution is 5.87. The molecule has 2 rings (SSSR count). The second-order valence-electron chi connectivity index (χ2n) is 5.80. The lowest BCUT2D eigenvalue weighted by Crippen LogP contribution is -2.57. The van der Waals surface area contributed by atoms with Crippen LogP contribution >= 0.6 is 0 Å². The van der Waals surface area contributed by atoms with Gasteiger partial charge in [-0.2, -0.15) is 0 Å². The van der Waals surface area contributed by atoms with Gasteiger partial charge in [0.2, 0.25) is 5.91 Å². The Balaban J connectivity index is 1.80. The molecule has 2 saturated heterocycles. The van der Waals surface area contributed by atoms with E-state index in [0.717, 1.165) is 32.4 Å². The van der Waals surface area contributed by atoms with Gasteiger partial charge in [-0.25, -0.2) is 4.79 Å². The number of carbonyl (C=O) groups is 2. The lowest BCUT2D eigenvalue weighted by molar-refractivity contribution is -0.152. The second kappa shape index (κ2) is 7.04. The first-order valence-corrected chi connectivity index (χ1v) is 7.45. The number of rotatable bonds is 5. The lowest BCUT2D eigenvalue weighted by atomic mass is 9.89. The number of carboxylic acid groups (broad SMARTS) is 1. The van der Waals surface area contributed by atoms with Crippen LogP contribution in [0.2, 0.25) is 0 Å². The van der Waals surface area contributed by atoms with E-state index < -0.39 is 11.5 Å². The van der Waals surface area contributed by atoms with E-state index in [0.29, 0.717) is 38.4 Å². The molecule has 1 atom stereocenters. The molecule has 1 unspecified atom stereocenters. The van der Waals surface area contributed by atoms with Crippen LogP contribution in [-0.2, 0) is 14.3 Å². The van der Waals surface area contributed by atoms with E-state index in [4.69, 9.17) is 4.74 Å². The Labute approximate surface area is 119 Å². The van der Waals surface area contributed by atoms with Crippen molar-refractivity contribution in [2.24, 2.45) is 5.92 Å². The summed E-state index contributed by atoms with van der Waals surface area (Å²) in [5.41, 5.74) is -1.12. The van der Waals surface area contributed by atoms with Crippen molar-refractivity contribution in [3.05, 3.63) is 0 Å². The van der Waals surface area contributed by atoms with Gasteiger partial charge in [0, 0.05) is 32.5 Å². The van der Waals surface area contributed by atoms with Crippen LogP contribution in [0, 0.1) is 5.92 Å². The molecule has 2 aliphatic heterocycles. The summed E-state index contributed by atoms with van der Waals surface area (Å²) in [5.74, 6) is -0.571. The third-order valence-corrected chi connectivity index (χ3v) is 4.31. The van der Waals surface area contributed by atoms with E-state index in [9.17, 15) is 14.7 Å². The maximum absolute atomic E-state index is 12.0. The summed E-state index contributed by atoms with van der Waals surface area (Å²) in [5, 5.41) is 15.4. The maximum atomic E-state index is 12.0. The molecule has 0 aromatic heterocycles. The van der Waals surface area contributed by atoms with E-state index in [2.05, 4.69) is 10.6 Å². The van der Waals surface area contributed by atoms with Gasteiger partial charge in [-0.3, -0.25) is 4.79 Å². The second-order valence-corrected chi connectivity index (χ2v) is 5.80. The number of carbonyl (C=O) groups excluding carboxylic acids is 1. The van der Waals surface area contributed by atoms with Crippen molar-refractivity contribution in [3.63, 3.8) is 0 Å². The Hall–Kier alpha value is -1.14. The summed E-state index contributed by atoms with van der Waals surface area (Å²) < 4.78 is 5.19. The maximum Gasteiger partial charge on any atom is 0.329 e. The molecule has 0 aromatic carbocycles. The van der Waals surface area contributed by atoms with Crippen molar-refractivity contribution in [2.45, 2.75) is 44.1 Å². The normalized spacial score (nSPS) is 25.9. The number of nitrogens with one attached hydrogen (secondary N) is 2. The molecule has 0 bridgehead atoms. The molecule has 2 heterocycles. The smallest absolute Gasteiger partial charge is 0.329 e. The fourth-order valence-corrected chi connectivity index (χ4v) is 2.95. The van der Waals surface area contributed by atoms with Crippen LogP contribution in [0.4, 0.5) is 0 Å². The summed E-state index contributed by atoms with van der Waals surface area (Å²) in [4.78, 5) is 23.5. The fourth-order valence-electron chi connectivity index (χ4n) is 2.95. The molecule has 3 N–H and O–H groups in total. The number of hydrogen-bond acceptors (Lipinski definition) is 4. The number of amides is 1. The average molecular weight is 284 g/mol. The standard InChI is InChI=1S/C14H24N2O4/c17-12(4-3-11-2-1-7-15-10-11)16-14(13(18)19)5-8-20-9-6-14/h11,15H,1-10H2,(H,16,17)(H,18,19). The van der Waals surface area contributed by atoms with Crippen LogP contribution in [-0.4, -0.2) is 48.8 Å². The molecule has 0 radical (unpaired) electrons. The molecule has 20 heavy (non-hydrogen) atoms. The predicted molar refractivity (Wildman–Crippen MR) is 73.4 cm³/mol. The minimum atomic E-state index is -1.12. The number of piperidine rings is 1. The first kappa shape index (κ1) is 15.3. The van der Waals surface area contributed by atoms with Gasteiger partial charge in [0.1, 0.15) is 5.54 Å². The number of carboxylic acids is 1. The van der Waals surface area contributed by atoms with Crippen molar-refractivity contribution >= 4 is 11.9 Å². The summed E-state index contributed by atoms with van der Waals surface area (Å²) >= 11 is 0. The summed E-state index contributed by atoms with van der Waals surface area (Å²) in [7, 11) is 0. The molecule has 0 aliphatic carbocycles. The highest BCUT2D eigenvalue weighted by Crippen LogP contribution is 2.22. The first-order valence-electron chi connectivity index (χ1n) is 7.45. The zero-order chi connectivity index (χ0) is 14.4.